The maximum atomic E-state index is 9.94. The maximum Gasteiger partial charge on any atom is 0.0583 e. The Bertz CT molecular complexity index is 177. The van der Waals surface area contributed by atoms with E-state index in [1.54, 1.807) is 0 Å². The van der Waals surface area contributed by atoms with Crippen molar-refractivity contribution >= 4 is 0 Å². The SMILES string of the molecule is OC(CC1CC=CC1)C1CCNC1. The van der Waals surface area contributed by atoms with E-state index in [1.807, 2.05) is 0 Å². The van der Waals surface area contributed by atoms with Crippen LogP contribution in [0.2, 0.25) is 0 Å². The summed E-state index contributed by atoms with van der Waals surface area (Å²) < 4.78 is 0. The Labute approximate surface area is 80.0 Å². The highest BCUT2D eigenvalue weighted by Crippen LogP contribution is 2.26. The molecular weight excluding hydrogens is 162 g/mol. The van der Waals surface area contributed by atoms with Gasteiger partial charge in [-0.2, -0.15) is 0 Å². The topological polar surface area (TPSA) is 32.3 Å². The Kier molecular flexibility index (Phi) is 3.01. The third-order valence-electron chi connectivity index (χ3n) is 3.32. The summed E-state index contributed by atoms with van der Waals surface area (Å²) >= 11 is 0. The summed E-state index contributed by atoms with van der Waals surface area (Å²) in [6.45, 7) is 2.10. The predicted molar refractivity (Wildman–Crippen MR) is 53.5 cm³/mol. The molecule has 1 fully saturated rings. The van der Waals surface area contributed by atoms with E-state index < -0.39 is 0 Å². The van der Waals surface area contributed by atoms with E-state index >= 15 is 0 Å². The molecular formula is C11H19NO. The number of aliphatic hydroxyl groups excluding tert-OH is 1. The molecule has 0 spiro atoms. The van der Waals surface area contributed by atoms with E-state index in [4.69, 9.17) is 0 Å². The van der Waals surface area contributed by atoms with Gasteiger partial charge in [-0.3, -0.25) is 0 Å². The molecule has 2 nitrogen and oxygen atoms in total. The van der Waals surface area contributed by atoms with Crippen LogP contribution in [-0.2, 0) is 0 Å². The lowest BCUT2D eigenvalue weighted by Crippen LogP contribution is -2.24. The first-order valence-corrected chi connectivity index (χ1v) is 5.40. The average Bonchev–Trinajstić information content (AvgIpc) is 2.74. The fraction of sp³-hybridized carbons (Fsp3) is 0.818. The molecule has 2 rings (SSSR count). The fourth-order valence-electron chi connectivity index (χ4n) is 2.41. The molecule has 13 heavy (non-hydrogen) atoms. The highest BCUT2D eigenvalue weighted by Gasteiger charge is 2.25. The van der Waals surface area contributed by atoms with E-state index in [9.17, 15) is 5.11 Å². The smallest absolute Gasteiger partial charge is 0.0583 e. The molecule has 1 heterocycles. The minimum atomic E-state index is -0.0695. The molecule has 2 atom stereocenters. The number of hydrogen-bond acceptors (Lipinski definition) is 2. The highest BCUT2D eigenvalue weighted by atomic mass is 16.3. The molecule has 1 saturated heterocycles. The molecule has 0 aromatic heterocycles. The number of allylic oxidation sites excluding steroid dienone is 2. The van der Waals surface area contributed by atoms with Crippen LogP contribution in [0, 0.1) is 11.8 Å². The largest absolute Gasteiger partial charge is 0.393 e. The van der Waals surface area contributed by atoms with Crippen LogP contribution in [0.5, 0.6) is 0 Å². The molecule has 1 aliphatic carbocycles. The summed E-state index contributed by atoms with van der Waals surface area (Å²) in [4.78, 5) is 0. The minimum Gasteiger partial charge on any atom is -0.393 e. The monoisotopic (exact) mass is 181 g/mol. The quantitative estimate of drug-likeness (QED) is 0.643. The molecule has 1 aliphatic heterocycles. The maximum absolute atomic E-state index is 9.94. The Balaban J connectivity index is 1.73. The van der Waals surface area contributed by atoms with Crippen molar-refractivity contribution < 1.29 is 5.11 Å². The first-order valence-electron chi connectivity index (χ1n) is 5.40. The van der Waals surface area contributed by atoms with Crippen LogP contribution in [-0.4, -0.2) is 24.3 Å². The van der Waals surface area contributed by atoms with Crippen molar-refractivity contribution in [3.8, 4) is 0 Å². The lowest BCUT2D eigenvalue weighted by atomic mass is 9.91. The molecule has 2 aliphatic rings. The van der Waals surface area contributed by atoms with Crippen LogP contribution in [0.3, 0.4) is 0 Å². The lowest BCUT2D eigenvalue weighted by Gasteiger charge is -2.20. The lowest BCUT2D eigenvalue weighted by molar-refractivity contribution is 0.0916. The van der Waals surface area contributed by atoms with Crippen molar-refractivity contribution in [2.24, 2.45) is 11.8 Å². The van der Waals surface area contributed by atoms with E-state index in [0.29, 0.717) is 5.92 Å². The van der Waals surface area contributed by atoms with Gasteiger partial charge < -0.3 is 10.4 Å². The van der Waals surface area contributed by atoms with E-state index in [-0.39, 0.29) is 6.10 Å². The van der Waals surface area contributed by atoms with Gasteiger partial charge in [0.2, 0.25) is 0 Å². The molecule has 0 aromatic rings. The molecule has 0 bridgehead atoms. The molecule has 0 saturated carbocycles. The minimum absolute atomic E-state index is 0.0695. The molecule has 2 N–H and O–H groups in total. The summed E-state index contributed by atoms with van der Waals surface area (Å²) in [5.74, 6) is 1.23. The average molecular weight is 181 g/mol. The van der Waals surface area contributed by atoms with E-state index in [1.165, 1.54) is 12.8 Å². The zero-order valence-corrected chi connectivity index (χ0v) is 8.08. The normalized spacial score (nSPS) is 31.3. The Morgan fingerprint density at radius 1 is 1.38 bits per heavy atom. The van der Waals surface area contributed by atoms with Gasteiger partial charge in [0, 0.05) is 6.54 Å². The Hall–Kier alpha value is -0.340. The highest BCUT2D eigenvalue weighted by molar-refractivity contribution is 4.95. The zero-order chi connectivity index (χ0) is 9.10. The first-order chi connectivity index (χ1) is 6.36. The third-order valence-corrected chi connectivity index (χ3v) is 3.32. The van der Waals surface area contributed by atoms with Crippen molar-refractivity contribution in [2.75, 3.05) is 13.1 Å². The first kappa shape index (κ1) is 9.22. The molecule has 0 aromatic carbocycles. The molecule has 74 valence electrons. The number of nitrogens with one attached hydrogen (secondary N) is 1. The Morgan fingerprint density at radius 2 is 2.15 bits per heavy atom. The van der Waals surface area contributed by atoms with Gasteiger partial charge in [-0.1, -0.05) is 12.2 Å². The van der Waals surface area contributed by atoms with Gasteiger partial charge >= 0.3 is 0 Å². The summed E-state index contributed by atoms with van der Waals surface area (Å²) in [6.07, 6.45) is 8.92. The zero-order valence-electron chi connectivity index (χ0n) is 8.08. The van der Waals surface area contributed by atoms with Crippen molar-refractivity contribution in [1.29, 1.82) is 0 Å². The second kappa shape index (κ2) is 4.25. The van der Waals surface area contributed by atoms with Crippen LogP contribution < -0.4 is 5.32 Å². The van der Waals surface area contributed by atoms with Crippen LogP contribution in [0.15, 0.2) is 12.2 Å². The molecule has 2 heteroatoms. The van der Waals surface area contributed by atoms with Gasteiger partial charge in [-0.15, -0.1) is 0 Å². The van der Waals surface area contributed by atoms with E-state index in [0.717, 1.165) is 31.8 Å². The van der Waals surface area contributed by atoms with Gasteiger partial charge in [0.15, 0.2) is 0 Å². The van der Waals surface area contributed by atoms with Gasteiger partial charge in [0.1, 0.15) is 0 Å². The molecule has 0 amide bonds. The van der Waals surface area contributed by atoms with Crippen LogP contribution in [0.1, 0.15) is 25.7 Å². The fourth-order valence-corrected chi connectivity index (χ4v) is 2.41. The van der Waals surface area contributed by atoms with Gasteiger partial charge in [0.25, 0.3) is 0 Å². The van der Waals surface area contributed by atoms with Crippen molar-refractivity contribution in [3.63, 3.8) is 0 Å². The Morgan fingerprint density at radius 3 is 2.77 bits per heavy atom. The summed E-state index contributed by atoms with van der Waals surface area (Å²) in [5.41, 5.74) is 0. The van der Waals surface area contributed by atoms with Crippen LogP contribution in [0.25, 0.3) is 0 Å². The van der Waals surface area contributed by atoms with Crippen LogP contribution in [0.4, 0.5) is 0 Å². The second-order valence-electron chi connectivity index (χ2n) is 4.36. The molecule has 2 unspecified atom stereocenters. The predicted octanol–water partition coefficient (Wildman–Crippen LogP) is 1.31. The van der Waals surface area contributed by atoms with Crippen molar-refractivity contribution in [1.82, 2.24) is 5.32 Å². The summed E-state index contributed by atoms with van der Waals surface area (Å²) in [7, 11) is 0. The van der Waals surface area contributed by atoms with Crippen molar-refractivity contribution in [2.45, 2.75) is 31.8 Å². The summed E-state index contributed by atoms with van der Waals surface area (Å²) in [5, 5.41) is 13.2. The van der Waals surface area contributed by atoms with Gasteiger partial charge in [-0.25, -0.2) is 0 Å². The molecule has 0 radical (unpaired) electrons. The van der Waals surface area contributed by atoms with Crippen LogP contribution >= 0.6 is 0 Å². The number of aliphatic hydroxyl groups is 1. The van der Waals surface area contributed by atoms with Crippen molar-refractivity contribution in [3.05, 3.63) is 12.2 Å². The third kappa shape index (κ3) is 2.32. The van der Waals surface area contributed by atoms with Gasteiger partial charge in [-0.05, 0) is 44.1 Å². The van der Waals surface area contributed by atoms with E-state index in [2.05, 4.69) is 17.5 Å². The second-order valence-corrected chi connectivity index (χ2v) is 4.36. The van der Waals surface area contributed by atoms with Gasteiger partial charge in [0.05, 0.1) is 6.10 Å². The number of hydrogen-bond donors (Lipinski definition) is 2. The summed E-state index contributed by atoms with van der Waals surface area (Å²) in [6, 6.07) is 0. The standard InChI is InChI=1S/C11H19NO/c13-11(10-5-6-12-8-10)7-9-3-1-2-4-9/h1-2,9-13H,3-8H2. The number of rotatable bonds is 3.